The van der Waals surface area contributed by atoms with Crippen LogP contribution in [0.2, 0.25) is 0 Å². The number of para-hydroxylation sites is 3. The normalized spacial score (nSPS) is 14.9. The Bertz CT molecular complexity index is 1020. The van der Waals surface area contributed by atoms with E-state index in [1.54, 1.807) is 49.4 Å². The van der Waals surface area contributed by atoms with E-state index in [9.17, 15) is 19.5 Å². The highest BCUT2D eigenvalue weighted by Crippen LogP contribution is 2.36. The predicted molar refractivity (Wildman–Crippen MR) is 114 cm³/mol. The van der Waals surface area contributed by atoms with E-state index >= 15 is 0 Å². The number of carbonyl (C=O) groups is 3. The maximum absolute atomic E-state index is 12.7. The molecule has 2 N–H and O–H groups in total. The molecule has 1 fully saturated rings. The molecule has 9 heteroatoms. The lowest BCUT2D eigenvalue weighted by Gasteiger charge is -2.14. The first-order chi connectivity index (χ1) is 14.4. The number of methoxy groups -OCH3 is 1. The summed E-state index contributed by atoms with van der Waals surface area (Å²) in [6.45, 7) is 1.72. The molecule has 1 heterocycles. The summed E-state index contributed by atoms with van der Waals surface area (Å²) < 4.78 is 10.5. The van der Waals surface area contributed by atoms with E-state index in [4.69, 9.17) is 9.47 Å². The van der Waals surface area contributed by atoms with Crippen molar-refractivity contribution in [2.24, 2.45) is 0 Å². The highest BCUT2D eigenvalue weighted by atomic mass is 32.2. The summed E-state index contributed by atoms with van der Waals surface area (Å²) in [6.07, 6.45) is 1.40. The molecule has 0 saturated carbocycles. The number of nitrogens with zero attached hydrogens (tertiary/aromatic N) is 1. The Morgan fingerprint density at radius 3 is 2.63 bits per heavy atom. The molecule has 8 nitrogen and oxygen atoms in total. The van der Waals surface area contributed by atoms with Gasteiger partial charge in [0.05, 0.1) is 24.3 Å². The number of phenolic OH excluding ortho intramolecular Hbond substituents is 1. The second-order valence-electron chi connectivity index (χ2n) is 6.14. The SMILES string of the molecule is CCOc1cccc(/C=C2\SC(=O)N(CC(=O)Nc3ccccc3OC)C2=O)c1O. The van der Waals surface area contributed by atoms with Crippen LogP contribution in [0.3, 0.4) is 0 Å². The number of anilines is 1. The van der Waals surface area contributed by atoms with Crippen molar-refractivity contribution < 1.29 is 29.0 Å². The number of carbonyl (C=O) groups excluding carboxylic acids is 3. The van der Waals surface area contributed by atoms with Crippen molar-refractivity contribution in [3.8, 4) is 17.2 Å². The standard InChI is InChI=1S/C21H20N2O6S/c1-3-29-16-10-6-7-13(19(16)25)11-17-20(26)23(21(27)30-17)12-18(24)22-14-8-4-5-9-15(14)28-2/h4-11,25H,3,12H2,1-2H3,(H,22,24)/b17-11-. The van der Waals surface area contributed by atoms with Gasteiger partial charge in [0.1, 0.15) is 12.3 Å². The third kappa shape index (κ3) is 4.57. The zero-order chi connectivity index (χ0) is 21.7. The largest absolute Gasteiger partial charge is 0.504 e. The fourth-order valence-corrected chi connectivity index (χ4v) is 3.62. The number of phenols is 1. The van der Waals surface area contributed by atoms with Crippen molar-refractivity contribution in [3.05, 3.63) is 52.9 Å². The van der Waals surface area contributed by atoms with Crippen molar-refractivity contribution in [1.29, 1.82) is 0 Å². The minimum Gasteiger partial charge on any atom is -0.504 e. The van der Waals surface area contributed by atoms with Crippen molar-refractivity contribution >= 4 is 40.6 Å². The topological polar surface area (TPSA) is 105 Å². The first-order valence-corrected chi connectivity index (χ1v) is 9.89. The van der Waals surface area contributed by atoms with Gasteiger partial charge in [-0.15, -0.1) is 0 Å². The molecular weight excluding hydrogens is 408 g/mol. The molecule has 3 amide bonds. The maximum atomic E-state index is 12.7. The van der Waals surface area contributed by atoms with E-state index in [-0.39, 0.29) is 16.4 Å². The van der Waals surface area contributed by atoms with E-state index < -0.39 is 23.6 Å². The molecule has 2 aromatic carbocycles. The Labute approximate surface area is 177 Å². The van der Waals surface area contributed by atoms with E-state index in [1.807, 2.05) is 0 Å². The smallest absolute Gasteiger partial charge is 0.294 e. The lowest BCUT2D eigenvalue weighted by Crippen LogP contribution is -2.36. The van der Waals surface area contributed by atoms with E-state index in [1.165, 1.54) is 13.2 Å². The van der Waals surface area contributed by atoms with Crippen LogP contribution in [0.4, 0.5) is 10.5 Å². The molecule has 1 saturated heterocycles. The number of thioether (sulfide) groups is 1. The third-order valence-electron chi connectivity index (χ3n) is 4.17. The van der Waals surface area contributed by atoms with Crippen molar-refractivity contribution in [2.45, 2.75) is 6.92 Å². The molecule has 3 rings (SSSR count). The Hall–Kier alpha value is -3.46. The molecule has 0 atom stereocenters. The summed E-state index contributed by atoms with van der Waals surface area (Å²) in [6, 6.07) is 11.7. The van der Waals surface area contributed by atoms with Crippen LogP contribution in [0, 0.1) is 0 Å². The zero-order valence-electron chi connectivity index (χ0n) is 16.4. The van der Waals surface area contributed by atoms with Crippen LogP contribution < -0.4 is 14.8 Å². The number of imide groups is 1. The highest BCUT2D eigenvalue weighted by molar-refractivity contribution is 8.18. The van der Waals surface area contributed by atoms with Crippen molar-refractivity contribution in [3.63, 3.8) is 0 Å². The average molecular weight is 428 g/mol. The second kappa shape index (κ2) is 9.36. The molecule has 1 aliphatic heterocycles. The number of benzene rings is 2. The number of amides is 3. The van der Waals surface area contributed by atoms with Crippen molar-refractivity contribution in [1.82, 2.24) is 4.90 Å². The summed E-state index contributed by atoms with van der Waals surface area (Å²) in [7, 11) is 1.47. The average Bonchev–Trinajstić information content (AvgIpc) is 2.99. The van der Waals surface area contributed by atoms with Crippen LogP contribution in [-0.2, 0) is 9.59 Å². The van der Waals surface area contributed by atoms with E-state index in [2.05, 4.69) is 5.32 Å². The molecule has 0 aromatic heterocycles. The molecule has 0 spiro atoms. The van der Waals surface area contributed by atoms with E-state index in [0.717, 1.165) is 4.90 Å². The molecule has 30 heavy (non-hydrogen) atoms. The van der Waals surface area contributed by atoms with Crippen LogP contribution >= 0.6 is 11.8 Å². The first-order valence-electron chi connectivity index (χ1n) is 9.07. The summed E-state index contributed by atoms with van der Waals surface area (Å²) >= 11 is 0.702. The number of hydrogen-bond acceptors (Lipinski definition) is 7. The summed E-state index contributed by atoms with van der Waals surface area (Å²) in [5.74, 6) is -0.531. The molecular formula is C21H20N2O6S. The summed E-state index contributed by atoms with van der Waals surface area (Å²) in [5.41, 5.74) is 0.773. The van der Waals surface area contributed by atoms with Gasteiger partial charge in [-0.1, -0.05) is 24.3 Å². The lowest BCUT2D eigenvalue weighted by molar-refractivity contribution is -0.127. The lowest BCUT2D eigenvalue weighted by atomic mass is 10.1. The molecule has 1 aliphatic rings. The highest BCUT2D eigenvalue weighted by Gasteiger charge is 2.36. The minimum absolute atomic E-state index is 0.106. The van der Waals surface area contributed by atoms with Gasteiger partial charge in [-0.2, -0.15) is 0 Å². The van der Waals surface area contributed by atoms with Crippen LogP contribution in [0.25, 0.3) is 6.08 Å². The van der Waals surface area contributed by atoms with Crippen molar-refractivity contribution in [2.75, 3.05) is 25.6 Å². The number of hydrogen-bond donors (Lipinski definition) is 2. The molecule has 0 radical (unpaired) electrons. The van der Waals surface area contributed by atoms with Crippen LogP contribution in [-0.4, -0.2) is 47.3 Å². The second-order valence-corrected chi connectivity index (χ2v) is 7.14. The maximum Gasteiger partial charge on any atom is 0.294 e. The number of nitrogens with one attached hydrogen (secondary N) is 1. The predicted octanol–water partition coefficient (Wildman–Crippen LogP) is 3.47. The number of aromatic hydroxyl groups is 1. The fraction of sp³-hybridized carbons (Fsp3) is 0.190. The van der Waals surface area contributed by atoms with Gasteiger partial charge in [-0.25, -0.2) is 0 Å². The Morgan fingerprint density at radius 1 is 1.17 bits per heavy atom. The monoisotopic (exact) mass is 428 g/mol. The molecule has 0 aliphatic carbocycles. The van der Waals surface area contributed by atoms with Gasteiger partial charge in [0.2, 0.25) is 5.91 Å². The number of ether oxygens (including phenoxy) is 2. The van der Waals surface area contributed by atoms with Crippen LogP contribution in [0.15, 0.2) is 47.4 Å². The molecule has 0 bridgehead atoms. The quantitative estimate of drug-likeness (QED) is 0.651. The summed E-state index contributed by atoms with van der Waals surface area (Å²) in [5, 5.41) is 12.4. The van der Waals surface area contributed by atoms with Gasteiger partial charge < -0.3 is 19.9 Å². The zero-order valence-corrected chi connectivity index (χ0v) is 17.2. The Morgan fingerprint density at radius 2 is 1.90 bits per heavy atom. The van der Waals surface area contributed by atoms with Gasteiger partial charge in [0, 0.05) is 5.56 Å². The minimum atomic E-state index is -0.610. The van der Waals surface area contributed by atoms with Crippen LogP contribution in [0.1, 0.15) is 12.5 Å². The molecule has 0 unspecified atom stereocenters. The third-order valence-corrected chi connectivity index (χ3v) is 5.08. The van der Waals surface area contributed by atoms with E-state index in [0.29, 0.717) is 35.4 Å². The molecule has 156 valence electrons. The number of rotatable bonds is 7. The van der Waals surface area contributed by atoms with Gasteiger partial charge in [-0.05, 0) is 43.0 Å². The Balaban J connectivity index is 1.74. The van der Waals surface area contributed by atoms with Gasteiger partial charge in [0.25, 0.3) is 11.1 Å². The summed E-state index contributed by atoms with van der Waals surface area (Å²) in [4.78, 5) is 38.3. The molecule has 2 aromatic rings. The Kier molecular flexibility index (Phi) is 6.63. The van der Waals surface area contributed by atoms with Crippen LogP contribution in [0.5, 0.6) is 17.2 Å². The van der Waals surface area contributed by atoms with Gasteiger partial charge in [-0.3, -0.25) is 19.3 Å². The van der Waals surface area contributed by atoms with Gasteiger partial charge in [0.15, 0.2) is 11.5 Å². The van der Waals surface area contributed by atoms with Gasteiger partial charge >= 0.3 is 0 Å². The fourth-order valence-electron chi connectivity index (χ4n) is 2.79. The first kappa shape index (κ1) is 21.3.